The second-order valence-electron chi connectivity index (χ2n) is 6.52. The fourth-order valence-corrected chi connectivity index (χ4v) is 3.13. The third kappa shape index (κ3) is 4.84. The maximum absolute atomic E-state index is 12.5. The number of carbonyl (C=O) groups is 3. The average molecular weight is 397 g/mol. The molecule has 0 radical (unpaired) electrons. The molecule has 3 rings (SSSR count). The minimum atomic E-state index is -0.421. The number of methoxy groups -OCH3 is 2. The Morgan fingerprint density at radius 3 is 2.07 bits per heavy atom. The van der Waals surface area contributed by atoms with Crippen molar-refractivity contribution in [2.75, 3.05) is 50.6 Å². The normalized spacial score (nSPS) is 13.6. The van der Waals surface area contributed by atoms with Crippen LogP contribution in [0, 0.1) is 0 Å². The Hall–Kier alpha value is -3.55. The van der Waals surface area contributed by atoms with Crippen LogP contribution < -0.4 is 10.2 Å². The molecule has 2 amide bonds. The Morgan fingerprint density at radius 1 is 0.828 bits per heavy atom. The van der Waals surface area contributed by atoms with Gasteiger partial charge in [0.05, 0.1) is 25.3 Å². The monoisotopic (exact) mass is 397 g/mol. The molecule has 1 saturated heterocycles. The maximum atomic E-state index is 12.5. The summed E-state index contributed by atoms with van der Waals surface area (Å²) in [7, 11) is 2.68. The lowest BCUT2D eigenvalue weighted by molar-refractivity contribution is 0.0592. The molecular formula is C21H23N3O5. The van der Waals surface area contributed by atoms with Crippen LogP contribution >= 0.6 is 0 Å². The summed E-state index contributed by atoms with van der Waals surface area (Å²) < 4.78 is 9.43. The first-order chi connectivity index (χ1) is 14.0. The van der Waals surface area contributed by atoms with E-state index in [2.05, 4.69) is 15.0 Å². The van der Waals surface area contributed by atoms with Crippen LogP contribution in [-0.4, -0.2) is 63.3 Å². The maximum Gasteiger partial charge on any atom is 0.337 e. The van der Waals surface area contributed by atoms with E-state index in [4.69, 9.17) is 4.74 Å². The highest BCUT2D eigenvalue weighted by molar-refractivity contribution is 5.92. The fourth-order valence-electron chi connectivity index (χ4n) is 3.13. The number of hydrogen-bond donors (Lipinski definition) is 1. The largest absolute Gasteiger partial charge is 0.465 e. The Kier molecular flexibility index (Phi) is 6.33. The van der Waals surface area contributed by atoms with Crippen LogP contribution in [0.25, 0.3) is 0 Å². The molecule has 0 saturated carbocycles. The Bertz CT molecular complexity index is 889. The number of benzene rings is 2. The summed E-state index contributed by atoms with van der Waals surface area (Å²) in [6.07, 6.45) is 0. The van der Waals surface area contributed by atoms with Gasteiger partial charge < -0.3 is 24.6 Å². The van der Waals surface area contributed by atoms with Crippen molar-refractivity contribution >= 4 is 29.3 Å². The van der Waals surface area contributed by atoms with Gasteiger partial charge in [-0.15, -0.1) is 0 Å². The van der Waals surface area contributed by atoms with Crippen LogP contribution in [-0.2, 0) is 9.47 Å². The molecule has 0 bridgehead atoms. The highest BCUT2D eigenvalue weighted by Gasteiger charge is 2.22. The van der Waals surface area contributed by atoms with Gasteiger partial charge in [0.15, 0.2) is 0 Å². The van der Waals surface area contributed by atoms with E-state index in [1.54, 1.807) is 41.3 Å². The summed E-state index contributed by atoms with van der Waals surface area (Å²) in [5.41, 5.74) is 2.45. The summed E-state index contributed by atoms with van der Waals surface area (Å²) >= 11 is 0. The first kappa shape index (κ1) is 20.2. The highest BCUT2D eigenvalue weighted by atomic mass is 16.5. The number of hydrogen-bond acceptors (Lipinski definition) is 6. The van der Waals surface area contributed by atoms with Gasteiger partial charge in [-0.1, -0.05) is 6.07 Å². The van der Waals surface area contributed by atoms with Crippen molar-refractivity contribution in [2.45, 2.75) is 0 Å². The Labute approximate surface area is 169 Å². The van der Waals surface area contributed by atoms with E-state index in [-0.39, 0.29) is 12.0 Å². The van der Waals surface area contributed by atoms with Crippen LogP contribution in [0.1, 0.15) is 20.7 Å². The van der Waals surface area contributed by atoms with E-state index in [0.717, 1.165) is 5.69 Å². The lowest BCUT2D eigenvalue weighted by Gasteiger charge is -2.36. The minimum Gasteiger partial charge on any atom is -0.465 e. The van der Waals surface area contributed by atoms with E-state index in [0.29, 0.717) is 43.0 Å². The molecule has 8 heteroatoms. The Morgan fingerprint density at radius 2 is 1.45 bits per heavy atom. The molecule has 1 aliphatic heterocycles. The second-order valence-corrected chi connectivity index (χ2v) is 6.52. The summed E-state index contributed by atoms with van der Waals surface area (Å²) in [5.74, 6) is -0.793. The van der Waals surface area contributed by atoms with Gasteiger partial charge in [-0.05, 0) is 42.5 Å². The number of nitrogens with zero attached hydrogens (tertiary/aromatic N) is 2. The minimum absolute atomic E-state index is 0.196. The molecule has 1 fully saturated rings. The van der Waals surface area contributed by atoms with Gasteiger partial charge in [-0.2, -0.15) is 0 Å². The summed E-state index contributed by atoms with van der Waals surface area (Å²) in [6, 6.07) is 13.6. The number of carbonyl (C=O) groups excluding carboxylic acids is 3. The van der Waals surface area contributed by atoms with Crippen molar-refractivity contribution in [1.82, 2.24) is 4.90 Å². The first-order valence-electron chi connectivity index (χ1n) is 9.19. The number of amides is 2. The molecule has 0 aromatic heterocycles. The smallest absolute Gasteiger partial charge is 0.337 e. The summed E-state index contributed by atoms with van der Waals surface area (Å²) in [4.78, 5) is 39.5. The third-order valence-electron chi connectivity index (χ3n) is 4.76. The molecule has 2 aromatic carbocycles. The molecule has 1 N–H and O–H groups in total. The number of rotatable bonds is 4. The zero-order valence-electron chi connectivity index (χ0n) is 16.4. The van der Waals surface area contributed by atoms with Crippen LogP contribution in [0.15, 0.2) is 48.5 Å². The van der Waals surface area contributed by atoms with Gasteiger partial charge in [-0.3, -0.25) is 0 Å². The van der Waals surface area contributed by atoms with Crippen molar-refractivity contribution in [1.29, 1.82) is 0 Å². The fraction of sp³-hybridized carbons (Fsp3) is 0.286. The van der Waals surface area contributed by atoms with E-state index < -0.39 is 5.97 Å². The molecule has 0 unspecified atom stereocenters. The van der Waals surface area contributed by atoms with Crippen molar-refractivity contribution in [2.24, 2.45) is 0 Å². The van der Waals surface area contributed by atoms with Gasteiger partial charge in [0.25, 0.3) is 0 Å². The van der Waals surface area contributed by atoms with Crippen LogP contribution in [0.2, 0.25) is 0 Å². The summed E-state index contributed by atoms with van der Waals surface area (Å²) in [5, 5.41) is 2.84. The standard InChI is InChI=1S/C21H23N3O5/c1-28-19(25)15-6-8-17(9-7-15)22-21(27)24-12-10-23(11-13-24)18-5-3-4-16(14-18)20(26)29-2/h3-9,14H,10-13H2,1-2H3,(H,22,27). The number of piperazine rings is 1. The SMILES string of the molecule is COC(=O)c1ccc(NC(=O)N2CCN(c3cccc(C(=O)OC)c3)CC2)cc1. The van der Waals surface area contributed by atoms with Crippen LogP contribution in [0.3, 0.4) is 0 Å². The average Bonchev–Trinajstić information content (AvgIpc) is 2.78. The van der Waals surface area contributed by atoms with Gasteiger partial charge in [0.1, 0.15) is 0 Å². The topological polar surface area (TPSA) is 88.2 Å². The van der Waals surface area contributed by atoms with Crippen LogP contribution in [0.4, 0.5) is 16.2 Å². The quantitative estimate of drug-likeness (QED) is 0.798. The molecule has 1 aliphatic rings. The lowest BCUT2D eigenvalue weighted by Crippen LogP contribution is -2.50. The van der Waals surface area contributed by atoms with E-state index in [1.807, 2.05) is 12.1 Å². The molecule has 1 heterocycles. The molecule has 152 valence electrons. The van der Waals surface area contributed by atoms with Gasteiger partial charge in [0, 0.05) is 37.6 Å². The Balaban J connectivity index is 1.56. The number of anilines is 2. The molecule has 0 atom stereocenters. The van der Waals surface area contributed by atoms with Crippen molar-refractivity contribution in [3.05, 3.63) is 59.7 Å². The zero-order valence-corrected chi connectivity index (χ0v) is 16.4. The number of nitrogens with one attached hydrogen (secondary N) is 1. The number of ether oxygens (including phenoxy) is 2. The second kappa shape index (κ2) is 9.09. The van der Waals surface area contributed by atoms with Crippen molar-refractivity contribution in [3.8, 4) is 0 Å². The highest BCUT2D eigenvalue weighted by Crippen LogP contribution is 2.19. The number of urea groups is 1. The van der Waals surface area contributed by atoms with Gasteiger partial charge in [-0.25, -0.2) is 14.4 Å². The lowest BCUT2D eigenvalue weighted by atomic mass is 10.1. The van der Waals surface area contributed by atoms with Crippen LogP contribution in [0.5, 0.6) is 0 Å². The molecule has 0 aliphatic carbocycles. The van der Waals surface area contributed by atoms with E-state index >= 15 is 0 Å². The van der Waals surface area contributed by atoms with Crippen molar-refractivity contribution < 1.29 is 23.9 Å². The number of esters is 2. The predicted octanol–water partition coefficient (Wildman–Crippen LogP) is 2.61. The molecule has 0 spiro atoms. The third-order valence-corrected chi connectivity index (χ3v) is 4.76. The van der Waals surface area contributed by atoms with Gasteiger partial charge in [0.2, 0.25) is 0 Å². The molecule has 8 nitrogen and oxygen atoms in total. The van der Waals surface area contributed by atoms with E-state index in [1.165, 1.54) is 14.2 Å². The predicted molar refractivity (Wildman–Crippen MR) is 108 cm³/mol. The zero-order chi connectivity index (χ0) is 20.8. The van der Waals surface area contributed by atoms with Gasteiger partial charge >= 0.3 is 18.0 Å². The van der Waals surface area contributed by atoms with E-state index in [9.17, 15) is 14.4 Å². The molecule has 2 aromatic rings. The van der Waals surface area contributed by atoms with Crippen molar-refractivity contribution in [3.63, 3.8) is 0 Å². The molecular weight excluding hydrogens is 374 g/mol. The first-order valence-corrected chi connectivity index (χ1v) is 9.19. The summed E-state index contributed by atoms with van der Waals surface area (Å²) in [6.45, 7) is 2.40. The molecule has 29 heavy (non-hydrogen) atoms.